The summed E-state index contributed by atoms with van der Waals surface area (Å²) in [6.45, 7) is 5.23. The molecule has 3 nitrogen and oxygen atoms in total. The van der Waals surface area contributed by atoms with E-state index in [9.17, 15) is 13.2 Å². The van der Waals surface area contributed by atoms with Crippen LogP contribution in [0.3, 0.4) is 0 Å². The van der Waals surface area contributed by atoms with Crippen molar-refractivity contribution in [2.75, 3.05) is 20.1 Å². The predicted molar refractivity (Wildman–Crippen MR) is 102 cm³/mol. The normalized spacial score (nSPS) is 15.7. The van der Waals surface area contributed by atoms with Gasteiger partial charge >= 0.3 is 6.18 Å². The van der Waals surface area contributed by atoms with Crippen LogP contribution >= 0.6 is 24.0 Å². The molecule has 1 saturated carbocycles. The van der Waals surface area contributed by atoms with Crippen molar-refractivity contribution in [3.05, 3.63) is 35.4 Å². The molecule has 7 heteroatoms. The average Bonchev–Trinajstić information content (AvgIpc) is 3.31. The van der Waals surface area contributed by atoms with Crippen LogP contribution in [0.25, 0.3) is 0 Å². The topological polar surface area (TPSA) is 36.4 Å². The van der Waals surface area contributed by atoms with Gasteiger partial charge in [-0.2, -0.15) is 13.2 Å². The maximum Gasteiger partial charge on any atom is 0.416 e. The highest BCUT2D eigenvalue weighted by Crippen LogP contribution is 2.32. The van der Waals surface area contributed by atoms with Gasteiger partial charge in [-0.3, -0.25) is 4.99 Å². The third kappa shape index (κ3) is 6.14. The molecule has 0 atom stereocenters. The zero-order valence-electron chi connectivity index (χ0n) is 14.2. The van der Waals surface area contributed by atoms with Crippen LogP contribution in [0, 0.1) is 5.92 Å². The molecule has 0 amide bonds. The molecule has 0 unspecified atom stereocenters. The second kappa shape index (κ2) is 8.40. The van der Waals surface area contributed by atoms with Gasteiger partial charge in [-0.05, 0) is 30.4 Å². The summed E-state index contributed by atoms with van der Waals surface area (Å²) in [5, 5.41) is 6.46. The van der Waals surface area contributed by atoms with E-state index >= 15 is 0 Å². The summed E-state index contributed by atoms with van der Waals surface area (Å²) in [7, 11) is 1.69. The lowest BCUT2D eigenvalue weighted by Crippen LogP contribution is -2.44. The molecule has 1 aromatic carbocycles. The van der Waals surface area contributed by atoms with Crippen LogP contribution in [0.5, 0.6) is 0 Å². The van der Waals surface area contributed by atoms with Crippen LogP contribution < -0.4 is 10.6 Å². The van der Waals surface area contributed by atoms with Crippen molar-refractivity contribution in [2.45, 2.75) is 38.3 Å². The number of guanidine groups is 1. The molecule has 2 rings (SSSR count). The molecule has 1 aliphatic carbocycles. The fraction of sp³-hybridized carbons (Fsp3) is 0.588. The zero-order valence-corrected chi connectivity index (χ0v) is 16.5. The standard InChI is InChI=1S/C17H24F3N3.HI/c1-16(2,11-23-15(21-3)22-10-12-7-8-12)13-5-4-6-14(9-13)17(18,19)20;/h4-6,9,12H,7-8,10-11H2,1-3H3,(H2,21,22,23);1H. The molecule has 1 fully saturated rings. The number of hydrogen-bond donors (Lipinski definition) is 2. The van der Waals surface area contributed by atoms with E-state index in [0.29, 0.717) is 18.1 Å². The maximum atomic E-state index is 12.9. The second-order valence-corrected chi connectivity index (χ2v) is 6.71. The predicted octanol–water partition coefficient (Wildman–Crippen LogP) is 4.18. The smallest absolute Gasteiger partial charge is 0.356 e. The van der Waals surface area contributed by atoms with Gasteiger partial charge in [0.25, 0.3) is 0 Å². The van der Waals surface area contributed by atoms with Crippen molar-refractivity contribution < 1.29 is 13.2 Å². The summed E-state index contributed by atoms with van der Waals surface area (Å²) in [5.74, 6) is 1.42. The van der Waals surface area contributed by atoms with E-state index in [1.165, 1.54) is 25.0 Å². The Hall–Kier alpha value is -0.990. The van der Waals surface area contributed by atoms with Gasteiger partial charge in [-0.15, -0.1) is 24.0 Å². The first-order chi connectivity index (χ1) is 10.7. The number of nitrogens with zero attached hydrogens (tertiary/aromatic N) is 1. The Morgan fingerprint density at radius 2 is 1.79 bits per heavy atom. The molecule has 0 heterocycles. The molecule has 0 spiro atoms. The van der Waals surface area contributed by atoms with Gasteiger partial charge in [0, 0.05) is 25.6 Å². The lowest BCUT2D eigenvalue weighted by atomic mass is 9.84. The molecule has 2 N–H and O–H groups in total. The highest BCUT2D eigenvalue weighted by atomic mass is 127. The van der Waals surface area contributed by atoms with Crippen molar-refractivity contribution in [2.24, 2.45) is 10.9 Å². The SMILES string of the molecule is CN=C(NCC1CC1)NCC(C)(C)c1cccc(C(F)(F)F)c1.I. The van der Waals surface area contributed by atoms with Crippen LogP contribution in [0.2, 0.25) is 0 Å². The van der Waals surface area contributed by atoms with Gasteiger partial charge in [0.1, 0.15) is 0 Å². The molecule has 0 aromatic heterocycles. The maximum absolute atomic E-state index is 12.9. The lowest BCUT2D eigenvalue weighted by Gasteiger charge is -2.27. The number of alkyl halides is 3. The van der Waals surface area contributed by atoms with Crippen molar-refractivity contribution in [1.82, 2.24) is 10.6 Å². The summed E-state index contributed by atoms with van der Waals surface area (Å²) < 4.78 is 38.6. The van der Waals surface area contributed by atoms with E-state index < -0.39 is 17.2 Å². The minimum absolute atomic E-state index is 0. The molecule has 0 radical (unpaired) electrons. The summed E-state index contributed by atoms with van der Waals surface area (Å²) >= 11 is 0. The monoisotopic (exact) mass is 455 g/mol. The first-order valence-corrected chi connectivity index (χ1v) is 7.84. The fourth-order valence-electron chi connectivity index (χ4n) is 2.31. The fourth-order valence-corrected chi connectivity index (χ4v) is 2.31. The van der Waals surface area contributed by atoms with Crippen LogP contribution in [0.1, 0.15) is 37.8 Å². The van der Waals surface area contributed by atoms with Crippen molar-refractivity contribution >= 4 is 29.9 Å². The van der Waals surface area contributed by atoms with Gasteiger partial charge in [-0.1, -0.05) is 32.0 Å². The van der Waals surface area contributed by atoms with Crippen molar-refractivity contribution in [3.8, 4) is 0 Å². The third-order valence-corrected chi connectivity index (χ3v) is 4.15. The van der Waals surface area contributed by atoms with E-state index in [-0.39, 0.29) is 24.0 Å². The van der Waals surface area contributed by atoms with Crippen LogP contribution in [0.15, 0.2) is 29.3 Å². The van der Waals surface area contributed by atoms with Crippen molar-refractivity contribution in [1.29, 1.82) is 0 Å². The first-order valence-electron chi connectivity index (χ1n) is 7.84. The van der Waals surface area contributed by atoms with Crippen LogP contribution in [-0.2, 0) is 11.6 Å². The number of hydrogen-bond acceptors (Lipinski definition) is 1. The summed E-state index contributed by atoms with van der Waals surface area (Å²) in [5.41, 5.74) is -0.407. The molecule has 0 aliphatic heterocycles. The molecule has 0 saturated heterocycles. The average molecular weight is 455 g/mol. The number of benzene rings is 1. The zero-order chi connectivity index (χ0) is 17.1. The molecule has 1 aromatic rings. The highest BCUT2D eigenvalue weighted by molar-refractivity contribution is 14.0. The quantitative estimate of drug-likeness (QED) is 0.397. The lowest BCUT2D eigenvalue weighted by molar-refractivity contribution is -0.137. The second-order valence-electron chi connectivity index (χ2n) is 6.71. The molecular weight excluding hydrogens is 430 g/mol. The number of rotatable bonds is 5. The Morgan fingerprint density at radius 3 is 2.33 bits per heavy atom. The van der Waals surface area contributed by atoms with Gasteiger partial charge in [0.15, 0.2) is 5.96 Å². The van der Waals surface area contributed by atoms with E-state index in [0.717, 1.165) is 18.5 Å². The van der Waals surface area contributed by atoms with Crippen molar-refractivity contribution in [3.63, 3.8) is 0 Å². The van der Waals surface area contributed by atoms with Gasteiger partial charge in [-0.25, -0.2) is 0 Å². The van der Waals surface area contributed by atoms with Gasteiger partial charge < -0.3 is 10.6 Å². The number of nitrogens with one attached hydrogen (secondary N) is 2. The van der Waals surface area contributed by atoms with Gasteiger partial charge in [0.2, 0.25) is 0 Å². The van der Waals surface area contributed by atoms with E-state index in [2.05, 4.69) is 15.6 Å². The Bertz CT molecular complexity index is 566. The Morgan fingerprint density at radius 1 is 1.17 bits per heavy atom. The number of aliphatic imine (C=N–C) groups is 1. The van der Waals surface area contributed by atoms with E-state index in [1.54, 1.807) is 13.1 Å². The summed E-state index contributed by atoms with van der Waals surface area (Å²) in [6.07, 6.45) is -1.82. The van der Waals surface area contributed by atoms with Crippen LogP contribution in [-0.4, -0.2) is 26.1 Å². The van der Waals surface area contributed by atoms with Gasteiger partial charge in [0.05, 0.1) is 5.56 Å². The Labute approximate surface area is 158 Å². The minimum Gasteiger partial charge on any atom is -0.356 e. The third-order valence-electron chi connectivity index (χ3n) is 4.15. The Kier molecular flexibility index (Phi) is 7.37. The molecule has 1 aliphatic rings. The van der Waals surface area contributed by atoms with E-state index in [4.69, 9.17) is 0 Å². The molecule has 0 bridgehead atoms. The number of halogens is 4. The Balaban J connectivity index is 0.00000288. The summed E-state index contributed by atoms with van der Waals surface area (Å²) in [4.78, 5) is 4.16. The molecule has 136 valence electrons. The minimum atomic E-state index is -4.32. The first kappa shape index (κ1) is 21.1. The highest BCUT2D eigenvalue weighted by Gasteiger charge is 2.32. The van der Waals surface area contributed by atoms with E-state index in [1.807, 2.05) is 13.8 Å². The summed E-state index contributed by atoms with van der Waals surface area (Å²) in [6, 6.07) is 5.52. The molecular formula is C17H25F3IN3. The van der Waals surface area contributed by atoms with Crippen LogP contribution in [0.4, 0.5) is 13.2 Å². The molecule has 24 heavy (non-hydrogen) atoms. The largest absolute Gasteiger partial charge is 0.416 e.